The maximum absolute atomic E-state index is 5.55. The summed E-state index contributed by atoms with van der Waals surface area (Å²) < 4.78 is 5.55. The molecule has 6 heteroatoms. The Morgan fingerprint density at radius 3 is 2.92 bits per heavy atom. The molecule has 0 bridgehead atoms. The van der Waals surface area contributed by atoms with Crippen molar-refractivity contribution in [2.45, 2.75) is 57.5 Å². The van der Waals surface area contributed by atoms with Gasteiger partial charge in [-0.3, -0.25) is 4.90 Å². The third kappa shape index (κ3) is 2.72. The molecule has 0 N–H and O–H groups in total. The molecule has 2 aromatic rings. The maximum atomic E-state index is 5.55. The van der Waals surface area contributed by atoms with Crippen molar-refractivity contribution in [2.24, 2.45) is 0 Å². The lowest BCUT2D eigenvalue weighted by molar-refractivity contribution is 0.191. The van der Waals surface area contributed by atoms with Crippen molar-refractivity contribution in [1.82, 2.24) is 20.3 Å². The molecule has 0 spiro atoms. The highest BCUT2D eigenvalue weighted by Gasteiger charge is 2.33. The second-order valence-corrected chi connectivity index (χ2v) is 7.74. The second-order valence-electron chi connectivity index (χ2n) is 7.74. The lowest BCUT2D eigenvalue weighted by Gasteiger charge is -2.44. The first-order valence-electron chi connectivity index (χ1n) is 9.55. The van der Waals surface area contributed by atoms with Gasteiger partial charge in [-0.15, -0.1) is 5.10 Å². The van der Waals surface area contributed by atoms with Gasteiger partial charge in [0.15, 0.2) is 5.82 Å². The summed E-state index contributed by atoms with van der Waals surface area (Å²) in [5, 5.41) is 13.2. The summed E-state index contributed by atoms with van der Waals surface area (Å²) in [4.78, 5) is 4.75. The highest BCUT2D eigenvalue weighted by molar-refractivity contribution is 5.45. The third-order valence-electron chi connectivity index (χ3n) is 6.05. The SMILES string of the molecule is CN(Cc1noc2c1CCCC2)C1CN(c2cc3c(nn2)CCC3)C1. The first-order chi connectivity index (χ1) is 12.3. The van der Waals surface area contributed by atoms with Crippen molar-refractivity contribution in [3.8, 4) is 0 Å². The zero-order valence-corrected chi connectivity index (χ0v) is 14.9. The number of anilines is 1. The van der Waals surface area contributed by atoms with Gasteiger partial charge in [0.1, 0.15) is 11.5 Å². The van der Waals surface area contributed by atoms with Crippen molar-refractivity contribution >= 4 is 5.82 Å². The van der Waals surface area contributed by atoms with Crippen LogP contribution in [0.25, 0.3) is 0 Å². The summed E-state index contributed by atoms with van der Waals surface area (Å²) in [6.07, 6.45) is 8.16. The van der Waals surface area contributed by atoms with Gasteiger partial charge in [0.25, 0.3) is 0 Å². The number of fused-ring (bicyclic) bond motifs is 2. The Labute approximate surface area is 148 Å². The summed E-state index contributed by atoms with van der Waals surface area (Å²) in [5.41, 5.74) is 5.12. The molecule has 2 aromatic heterocycles. The van der Waals surface area contributed by atoms with Gasteiger partial charge in [-0.05, 0) is 57.2 Å². The predicted molar refractivity (Wildman–Crippen MR) is 94.7 cm³/mol. The fourth-order valence-electron chi connectivity index (χ4n) is 4.33. The van der Waals surface area contributed by atoms with Crippen LogP contribution in [0.2, 0.25) is 0 Å². The number of aromatic nitrogens is 3. The lowest BCUT2D eigenvalue weighted by atomic mass is 9.96. The molecular formula is C19H25N5O. The van der Waals surface area contributed by atoms with Crippen molar-refractivity contribution in [2.75, 3.05) is 25.0 Å². The van der Waals surface area contributed by atoms with Crippen LogP contribution in [0.5, 0.6) is 0 Å². The van der Waals surface area contributed by atoms with Crippen molar-refractivity contribution in [3.63, 3.8) is 0 Å². The smallest absolute Gasteiger partial charge is 0.151 e. The largest absolute Gasteiger partial charge is 0.361 e. The van der Waals surface area contributed by atoms with E-state index in [9.17, 15) is 0 Å². The summed E-state index contributed by atoms with van der Waals surface area (Å²) >= 11 is 0. The van der Waals surface area contributed by atoms with Crippen LogP contribution >= 0.6 is 0 Å². The Bertz CT molecular complexity index is 780. The molecule has 0 aromatic carbocycles. The summed E-state index contributed by atoms with van der Waals surface area (Å²) in [5.74, 6) is 2.17. The molecule has 0 amide bonds. The Kier molecular flexibility index (Phi) is 3.73. The van der Waals surface area contributed by atoms with Gasteiger partial charge in [-0.2, -0.15) is 5.10 Å². The van der Waals surface area contributed by atoms with Gasteiger partial charge >= 0.3 is 0 Å². The van der Waals surface area contributed by atoms with Crippen LogP contribution < -0.4 is 4.90 Å². The molecule has 0 radical (unpaired) electrons. The van der Waals surface area contributed by atoms with E-state index in [4.69, 9.17) is 4.52 Å². The van der Waals surface area contributed by atoms with Crippen LogP contribution in [0.15, 0.2) is 10.6 Å². The highest BCUT2D eigenvalue weighted by atomic mass is 16.5. The Morgan fingerprint density at radius 1 is 1.12 bits per heavy atom. The van der Waals surface area contributed by atoms with E-state index in [2.05, 4.69) is 38.3 Å². The van der Waals surface area contributed by atoms with E-state index in [0.29, 0.717) is 6.04 Å². The van der Waals surface area contributed by atoms with Gasteiger partial charge in [-0.25, -0.2) is 0 Å². The molecule has 0 atom stereocenters. The lowest BCUT2D eigenvalue weighted by Crippen LogP contribution is -2.58. The average Bonchev–Trinajstić information content (AvgIpc) is 3.20. The highest BCUT2D eigenvalue weighted by Crippen LogP contribution is 2.28. The first-order valence-corrected chi connectivity index (χ1v) is 9.55. The second kappa shape index (κ2) is 6.09. The van der Waals surface area contributed by atoms with E-state index in [-0.39, 0.29) is 0 Å². The zero-order valence-electron chi connectivity index (χ0n) is 14.9. The molecule has 5 rings (SSSR count). The minimum Gasteiger partial charge on any atom is -0.361 e. The number of nitrogens with zero attached hydrogens (tertiary/aromatic N) is 5. The van der Waals surface area contributed by atoms with Gasteiger partial charge in [0, 0.05) is 37.7 Å². The summed E-state index contributed by atoms with van der Waals surface area (Å²) in [6, 6.07) is 2.80. The maximum Gasteiger partial charge on any atom is 0.151 e. The summed E-state index contributed by atoms with van der Waals surface area (Å²) in [6.45, 7) is 2.92. The van der Waals surface area contributed by atoms with E-state index in [1.807, 2.05) is 0 Å². The van der Waals surface area contributed by atoms with E-state index in [1.54, 1.807) is 0 Å². The number of aryl methyl sites for hydroxylation is 3. The Hall–Kier alpha value is -1.95. The molecule has 132 valence electrons. The molecule has 0 saturated carbocycles. The minimum absolute atomic E-state index is 0.547. The van der Waals surface area contributed by atoms with Crippen LogP contribution in [0.4, 0.5) is 5.82 Å². The quantitative estimate of drug-likeness (QED) is 0.851. The molecular weight excluding hydrogens is 314 g/mol. The molecule has 1 saturated heterocycles. The van der Waals surface area contributed by atoms with E-state index >= 15 is 0 Å². The molecule has 0 unspecified atom stereocenters. The van der Waals surface area contributed by atoms with Gasteiger partial charge < -0.3 is 9.42 Å². The molecule has 3 aliphatic rings. The van der Waals surface area contributed by atoms with E-state index < -0.39 is 0 Å². The zero-order chi connectivity index (χ0) is 16.8. The number of hydrogen-bond acceptors (Lipinski definition) is 6. The van der Waals surface area contributed by atoms with Gasteiger partial charge in [0.05, 0.1) is 5.69 Å². The van der Waals surface area contributed by atoms with Crippen molar-refractivity contribution in [1.29, 1.82) is 0 Å². The average molecular weight is 339 g/mol. The Balaban J connectivity index is 1.21. The molecule has 2 aliphatic carbocycles. The fourth-order valence-corrected chi connectivity index (χ4v) is 4.33. The monoisotopic (exact) mass is 339 g/mol. The fraction of sp³-hybridized carbons (Fsp3) is 0.632. The molecule has 25 heavy (non-hydrogen) atoms. The predicted octanol–water partition coefficient (Wildman–Crippen LogP) is 2.15. The summed E-state index contributed by atoms with van der Waals surface area (Å²) in [7, 11) is 2.19. The number of hydrogen-bond donors (Lipinski definition) is 0. The number of likely N-dealkylation sites (N-methyl/N-ethyl adjacent to an activating group) is 1. The van der Waals surface area contributed by atoms with Crippen LogP contribution in [0.1, 0.15) is 47.5 Å². The van der Waals surface area contributed by atoms with Crippen molar-refractivity contribution < 1.29 is 4.52 Å². The van der Waals surface area contributed by atoms with Crippen LogP contribution in [-0.4, -0.2) is 46.4 Å². The van der Waals surface area contributed by atoms with Gasteiger partial charge in [-0.1, -0.05) is 5.16 Å². The third-order valence-corrected chi connectivity index (χ3v) is 6.05. The minimum atomic E-state index is 0.547. The molecule has 6 nitrogen and oxygen atoms in total. The molecule has 1 fully saturated rings. The topological polar surface area (TPSA) is 58.3 Å². The van der Waals surface area contributed by atoms with Crippen molar-refractivity contribution in [3.05, 3.63) is 34.3 Å². The van der Waals surface area contributed by atoms with E-state index in [1.165, 1.54) is 36.1 Å². The molecule has 1 aliphatic heterocycles. The number of rotatable bonds is 4. The van der Waals surface area contributed by atoms with E-state index in [0.717, 1.165) is 62.6 Å². The standard InChI is InChI=1S/C19H25N5O/c1-23(12-17-15-6-2-3-8-18(15)25-22-17)14-10-24(11-14)19-9-13-5-4-7-16(13)20-21-19/h9,14H,2-8,10-12H2,1H3. The van der Waals surface area contributed by atoms with Crippen LogP contribution in [0.3, 0.4) is 0 Å². The normalized spacial score (nSPS) is 19.8. The Morgan fingerprint density at radius 2 is 2.00 bits per heavy atom. The molecule has 3 heterocycles. The van der Waals surface area contributed by atoms with Gasteiger partial charge in [0.2, 0.25) is 0 Å². The van der Waals surface area contributed by atoms with Crippen LogP contribution in [0, 0.1) is 0 Å². The van der Waals surface area contributed by atoms with Crippen LogP contribution in [-0.2, 0) is 32.2 Å². The first kappa shape index (κ1) is 15.3.